The molecule has 0 fully saturated rings. The number of hydrogen-bond acceptors (Lipinski definition) is 2. The van der Waals surface area contributed by atoms with Crippen LogP contribution in [0.1, 0.15) is 11.1 Å². The first-order valence-corrected chi connectivity index (χ1v) is 10.3. The zero-order chi connectivity index (χ0) is 15.5. The normalized spacial score (nSPS) is 12.8. The predicted molar refractivity (Wildman–Crippen MR) is 89.8 cm³/mol. The van der Waals surface area contributed by atoms with Crippen LogP contribution in [0.4, 0.5) is 0 Å². The summed E-state index contributed by atoms with van der Waals surface area (Å²) in [6.07, 6.45) is 0. The average molecular weight is 319 g/mol. The lowest BCUT2D eigenvalue weighted by molar-refractivity contribution is -0.140. The molecule has 0 heterocycles. The largest absolute Gasteiger partial charge is 0.469 e. The summed E-state index contributed by atoms with van der Waals surface area (Å²) in [6.45, 7) is 4.37. The van der Waals surface area contributed by atoms with E-state index in [1.807, 2.05) is 42.5 Å². The van der Waals surface area contributed by atoms with Crippen LogP contribution in [0.25, 0.3) is 0 Å². The van der Waals surface area contributed by atoms with Crippen LogP contribution < -0.4 is 5.19 Å². The molecular formula is C17H19ClO2Si. The fourth-order valence-corrected chi connectivity index (χ4v) is 5.99. The molecule has 0 saturated carbocycles. The zero-order valence-electron chi connectivity index (χ0n) is 12.5. The smallest absolute Gasteiger partial charge is 0.310 e. The van der Waals surface area contributed by atoms with Crippen molar-refractivity contribution in [3.8, 4) is 0 Å². The summed E-state index contributed by atoms with van der Waals surface area (Å²) in [4.78, 5) is 12.4. The summed E-state index contributed by atoms with van der Waals surface area (Å²) in [5, 5.41) is 1.86. The molecule has 0 N–H and O–H groups in total. The highest BCUT2D eigenvalue weighted by molar-refractivity contribution is 6.93. The lowest BCUT2D eigenvalue weighted by atomic mass is 10.1. The number of rotatable bonds is 4. The molecular weight excluding hydrogens is 300 g/mol. The molecule has 0 aliphatic heterocycles. The minimum atomic E-state index is -2.09. The van der Waals surface area contributed by atoms with Crippen LogP contribution in [0, 0.1) is 0 Å². The van der Waals surface area contributed by atoms with Gasteiger partial charge in [0, 0.05) is 5.02 Å². The zero-order valence-corrected chi connectivity index (χ0v) is 14.2. The molecule has 0 spiro atoms. The number of hydrogen-bond donors (Lipinski definition) is 0. The van der Waals surface area contributed by atoms with E-state index in [4.69, 9.17) is 16.3 Å². The van der Waals surface area contributed by atoms with Crippen LogP contribution >= 0.6 is 11.6 Å². The second kappa shape index (κ2) is 6.46. The third-order valence-corrected chi connectivity index (χ3v) is 7.93. The summed E-state index contributed by atoms with van der Waals surface area (Å²) in [5.74, 6) is -0.196. The average Bonchev–Trinajstić information content (AvgIpc) is 2.48. The van der Waals surface area contributed by atoms with Gasteiger partial charge in [-0.25, -0.2) is 0 Å². The second-order valence-corrected chi connectivity index (χ2v) is 10.6. The highest BCUT2D eigenvalue weighted by Gasteiger charge is 2.40. The van der Waals surface area contributed by atoms with E-state index < -0.39 is 8.07 Å². The Hall–Kier alpha value is -1.58. The molecule has 110 valence electrons. The van der Waals surface area contributed by atoms with Gasteiger partial charge in [-0.3, -0.25) is 4.79 Å². The van der Waals surface area contributed by atoms with Crippen molar-refractivity contribution in [2.75, 3.05) is 7.11 Å². The van der Waals surface area contributed by atoms with Crippen molar-refractivity contribution < 1.29 is 9.53 Å². The molecule has 0 amide bonds. The first kappa shape index (κ1) is 15.8. The Kier molecular flexibility index (Phi) is 4.86. The van der Waals surface area contributed by atoms with Gasteiger partial charge in [-0.15, -0.1) is 0 Å². The maximum atomic E-state index is 12.4. The molecule has 0 aliphatic carbocycles. The number of ether oxygens (including phenoxy) is 1. The van der Waals surface area contributed by atoms with E-state index in [9.17, 15) is 4.79 Å². The van der Waals surface area contributed by atoms with Gasteiger partial charge in [0.05, 0.1) is 12.7 Å². The third-order valence-electron chi connectivity index (χ3n) is 3.86. The Morgan fingerprint density at radius 2 is 1.76 bits per heavy atom. The summed E-state index contributed by atoms with van der Waals surface area (Å²) >= 11 is 6.10. The van der Waals surface area contributed by atoms with Crippen LogP contribution in [0.5, 0.6) is 0 Å². The molecule has 2 nitrogen and oxygen atoms in total. The molecule has 0 aliphatic rings. The van der Waals surface area contributed by atoms with E-state index in [1.165, 1.54) is 12.3 Å². The minimum absolute atomic E-state index is 0.196. The van der Waals surface area contributed by atoms with E-state index in [0.717, 1.165) is 5.56 Å². The summed E-state index contributed by atoms with van der Waals surface area (Å²) < 4.78 is 5.07. The topological polar surface area (TPSA) is 26.3 Å². The third kappa shape index (κ3) is 3.36. The molecule has 0 bridgehead atoms. The number of methoxy groups -OCH3 is 1. The lowest BCUT2D eigenvalue weighted by Crippen LogP contribution is -2.50. The highest BCUT2D eigenvalue weighted by Crippen LogP contribution is 2.30. The fourth-order valence-electron chi connectivity index (χ4n) is 2.69. The van der Waals surface area contributed by atoms with Crippen LogP contribution in [-0.2, 0) is 9.53 Å². The molecule has 2 aromatic carbocycles. The van der Waals surface area contributed by atoms with Gasteiger partial charge in [0.2, 0.25) is 0 Å². The van der Waals surface area contributed by atoms with E-state index in [2.05, 4.69) is 25.2 Å². The summed E-state index contributed by atoms with van der Waals surface area (Å²) in [5.41, 5.74) is 0.651. The molecule has 1 unspecified atom stereocenters. The van der Waals surface area contributed by atoms with Gasteiger partial charge in [0.15, 0.2) is 0 Å². The number of benzene rings is 2. The standard InChI is InChI=1S/C17H19ClO2Si/c1-20-17(19)16(13-8-7-9-14(18)12-13)21(2,3)15-10-5-4-6-11-15/h4-12,16H,1-3H3. The van der Waals surface area contributed by atoms with Gasteiger partial charge >= 0.3 is 5.97 Å². The Morgan fingerprint density at radius 3 is 2.33 bits per heavy atom. The number of carbonyl (C=O) groups is 1. The first-order valence-electron chi connectivity index (χ1n) is 6.85. The Balaban J connectivity index is 2.53. The second-order valence-electron chi connectivity index (χ2n) is 5.60. The van der Waals surface area contributed by atoms with Crippen LogP contribution in [0.15, 0.2) is 54.6 Å². The van der Waals surface area contributed by atoms with Crippen molar-refractivity contribution in [3.05, 3.63) is 65.2 Å². The molecule has 1 atom stereocenters. The summed E-state index contributed by atoms with van der Waals surface area (Å²) in [6, 6.07) is 17.7. The van der Waals surface area contributed by atoms with Crippen molar-refractivity contribution in [1.29, 1.82) is 0 Å². The van der Waals surface area contributed by atoms with Crippen LogP contribution in [0.3, 0.4) is 0 Å². The van der Waals surface area contributed by atoms with Gasteiger partial charge in [-0.1, -0.05) is 72.3 Å². The van der Waals surface area contributed by atoms with E-state index in [0.29, 0.717) is 5.02 Å². The molecule has 4 heteroatoms. The Labute approximate surface area is 131 Å². The van der Waals surface area contributed by atoms with Crippen LogP contribution in [0.2, 0.25) is 18.1 Å². The lowest BCUT2D eigenvalue weighted by Gasteiger charge is -2.31. The van der Waals surface area contributed by atoms with Crippen molar-refractivity contribution in [1.82, 2.24) is 0 Å². The van der Waals surface area contributed by atoms with Gasteiger partial charge in [-0.05, 0) is 17.7 Å². The molecule has 21 heavy (non-hydrogen) atoms. The fraction of sp³-hybridized carbons (Fsp3) is 0.235. The Morgan fingerprint density at radius 1 is 1.10 bits per heavy atom. The van der Waals surface area contributed by atoms with E-state index in [1.54, 1.807) is 0 Å². The molecule has 2 aromatic rings. The minimum Gasteiger partial charge on any atom is -0.469 e. The quantitative estimate of drug-likeness (QED) is 0.634. The van der Waals surface area contributed by atoms with Crippen LogP contribution in [-0.4, -0.2) is 21.2 Å². The van der Waals surface area contributed by atoms with Crippen molar-refractivity contribution in [3.63, 3.8) is 0 Å². The van der Waals surface area contributed by atoms with Gasteiger partial charge in [0.25, 0.3) is 0 Å². The first-order chi connectivity index (χ1) is 9.96. The monoisotopic (exact) mass is 318 g/mol. The maximum Gasteiger partial charge on any atom is 0.310 e. The molecule has 0 saturated heterocycles. The van der Waals surface area contributed by atoms with E-state index in [-0.39, 0.29) is 11.5 Å². The Bertz CT molecular complexity index is 626. The number of carbonyl (C=O) groups excluding carboxylic acids is 1. The van der Waals surface area contributed by atoms with Crippen molar-refractivity contribution in [2.45, 2.75) is 18.6 Å². The van der Waals surface area contributed by atoms with Gasteiger partial charge < -0.3 is 4.74 Å². The predicted octanol–water partition coefficient (Wildman–Crippen LogP) is 3.75. The highest BCUT2D eigenvalue weighted by atomic mass is 35.5. The maximum absolute atomic E-state index is 12.4. The van der Waals surface area contributed by atoms with E-state index >= 15 is 0 Å². The SMILES string of the molecule is COC(=O)C(c1cccc(Cl)c1)[Si](C)(C)c1ccccc1. The number of esters is 1. The van der Waals surface area contributed by atoms with Crippen molar-refractivity contribution in [2.24, 2.45) is 0 Å². The number of halogens is 1. The molecule has 2 rings (SSSR count). The van der Waals surface area contributed by atoms with Gasteiger partial charge in [0.1, 0.15) is 8.07 Å². The van der Waals surface area contributed by atoms with Gasteiger partial charge in [-0.2, -0.15) is 0 Å². The summed E-state index contributed by atoms with van der Waals surface area (Å²) in [7, 11) is -0.650. The molecule has 0 radical (unpaired) electrons. The molecule has 0 aromatic heterocycles. The van der Waals surface area contributed by atoms with Crippen molar-refractivity contribution >= 4 is 30.8 Å².